The number of carbonyl (C=O) groups is 3. The molecule has 2 aromatic carbocycles. The van der Waals surface area contributed by atoms with Crippen LogP contribution in [0.3, 0.4) is 0 Å². The largest absolute Gasteiger partial charge is 0.457 e. The molecule has 0 spiro atoms. The third-order valence-electron chi connectivity index (χ3n) is 5.89. The molecule has 6 heteroatoms. The summed E-state index contributed by atoms with van der Waals surface area (Å²) in [6.07, 6.45) is 2.48. The van der Waals surface area contributed by atoms with Crippen LogP contribution in [0.15, 0.2) is 48.5 Å². The van der Waals surface area contributed by atoms with Gasteiger partial charge in [0.15, 0.2) is 0 Å². The standard InChI is InChI=1S/C23H24N2O4/c1-15-3-7-18(8-4-15)29-19-9-5-16(6-10-19)22(28)24-13-21(27)25-17(14-26)11-23(2)12-20(23)25/h3-10,14,17,20H,11-13H2,1-2H3,(H,24,28)/t17-,20?,23-/m0/s1. The van der Waals surface area contributed by atoms with Gasteiger partial charge in [-0.1, -0.05) is 24.6 Å². The third-order valence-corrected chi connectivity index (χ3v) is 5.89. The summed E-state index contributed by atoms with van der Waals surface area (Å²) in [5, 5.41) is 2.66. The number of hydrogen-bond acceptors (Lipinski definition) is 4. The summed E-state index contributed by atoms with van der Waals surface area (Å²) in [4.78, 5) is 37.8. The van der Waals surface area contributed by atoms with Crippen LogP contribution < -0.4 is 10.1 Å². The van der Waals surface area contributed by atoms with Gasteiger partial charge in [-0.05, 0) is 61.6 Å². The Balaban J connectivity index is 1.32. The van der Waals surface area contributed by atoms with Crippen molar-refractivity contribution >= 4 is 18.1 Å². The highest BCUT2D eigenvalue weighted by Gasteiger charge is 2.62. The highest BCUT2D eigenvalue weighted by atomic mass is 16.5. The topological polar surface area (TPSA) is 75.7 Å². The Labute approximate surface area is 169 Å². The summed E-state index contributed by atoms with van der Waals surface area (Å²) < 4.78 is 5.76. The summed E-state index contributed by atoms with van der Waals surface area (Å²) in [5.74, 6) is 0.808. The zero-order valence-corrected chi connectivity index (χ0v) is 16.6. The van der Waals surface area contributed by atoms with Gasteiger partial charge in [0.05, 0.1) is 12.6 Å². The van der Waals surface area contributed by atoms with Crippen LogP contribution in [0.4, 0.5) is 0 Å². The van der Waals surface area contributed by atoms with E-state index in [1.54, 1.807) is 29.2 Å². The second kappa shape index (κ2) is 7.35. The molecule has 6 nitrogen and oxygen atoms in total. The minimum atomic E-state index is -0.374. The lowest BCUT2D eigenvalue weighted by molar-refractivity contribution is -0.134. The minimum Gasteiger partial charge on any atom is -0.457 e. The average molecular weight is 392 g/mol. The number of benzene rings is 2. The quantitative estimate of drug-likeness (QED) is 0.767. The average Bonchev–Trinajstić information content (AvgIpc) is 3.29. The Morgan fingerprint density at radius 3 is 2.34 bits per heavy atom. The van der Waals surface area contributed by atoms with Crippen molar-refractivity contribution in [1.29, 1.82) is 0 Å². The fourth-order valence-corrected chi connectivity index (χ4v) is 4.08. The molecule has 1 unspecified atom stereocenters. The molecule has 2 aliphatic rings. The molecule has 1 saturated carbocycles. The monoisotopic (exact) mass is 392 g/mol. The van der Waals surface area contributed by atoms with Gasteiger partial charge in [0.2, 0.25) is 5.91 Å². The zero-order chi connectivity index (χ0) is 20.6. The zero-order valence-electron chi connectivity index (χ0n) is 16.6. The summed E-state index contributed by atoms with van der Waals surface area (Å²) >= 11 is 0. The van der Waals surface area contributed by atoms with E-state index >= 15 is 0 Å². The first-order chi connectivity index (χ1) is 13.9. The van der Waals surface area contributed by atoms with Gasteiger partial charge in [-0.25, -0.2) is 0 Å². The van der Waals surface area contributed by atoms with Crippen LogP contribution in [0, 0.1) is 12.3 Å². The van der Waals surface area contributed by atoms with Crippen LogP contribution in [-0.4, -0.2) is 41.6 Å². The van der Waals surface area contributed by atoms with Gasteiger partial charge < -0.3 is 19.7 Å². The lowest BCUT2D eigenvalue weighted by Crippen LogP contribution is -2.45. The Morgan fingerprint density at radius 2 is 1.72 bits per heavy atom. The van der Waals surface area contributed by atoms with Crippen molar-refractivity contribution < 1.29 is 19.1 Å². The van der Waals surface area contributed by atoms with Gasteiger partial charge in [0.1, 0.15) is 17.8 Å². The molecule has 1 N–H and O–H groups in total. The lowest BCUT2D eigenvalue weighted by Gasteiger charge is -2.23. The summed E-state index contributed by atoms with van der Waals surface area (Å²) in [5.41, 5.74) is 1.66. The Hall–Kier alpha value is -3.15. The maximum Gasteiger partial charge on any atom is 0.251 e. The van der Waals surface area contributed by atoms with Crippen LogP contribution in [0.25, 0.3) is 0 Å². The van der Waals surface area contributed by atoms with Crippen LogP contribution in [0.2, 0.25) is 0 Å². The SMILES string of the molecule is Cc1ccc(Oc2ccc(C(=O)NCC(=O)N3C4C[C@]4(C)C[C@H]3C=O)cc2)cc1. The van der Waals surface area contributed by atoms with E-state index in [-0.39, 0.29) is 35.9 Å². The van der Waals surface area contributed by atoms with Gasteiger partial charge in [-0.3, -0.25) is 9.59 Å². The van der Waals surface area contributed by atoms with Gasteiger partial charge in [-0.2, -0.15) is 0 Å². The summed E-state index contributed by atoms with van der Waals surface area (Å²) in [6.45, 7) is 3.99. The summed E-state index contributed by atoms with van der Waals surface area (Å²) in [6, 6.07) is 14.2. The number of likely N-dealkylation sites (tertiary alicyclic amines) is 1. The molecule has 3 atom stereocenters. The lowest BCUT2D eigenvalue weighted by atomic mass is 10.0. The number of rotatable bonds is 6. The van der Waals surface area contributed by atoms with E-state index < -0.39 is 0 Å². The Bertz CT molecular complexity index is 938. The van der Waals surface area contributed by atoms with E-state index in [2.05, 4.69) is 12.2 Å². The van der Waals surface area contributed by atoms with Crippen molar-refractivity contribution in [3.8, 4) is 11.5 Å². The molecule has 0 radical (unpaired) electrons. The van der Waals surface area contributed by atoms with Crippen molar-refractivity contribution in [2.24, 2.45) is 5.41 Å². The second-order valence-electron chi connectivity index (χ2n) is 8.20. The van der Waals surface area contributed by atoms with Gasteiger partial charge in [-0.15, -0.1) is 0 Å². The van der Waals surface area contributed by atoms with E-state index in [0.29, 0.717) is 17.7 Å². The number of nitrogens with zero attached hydrogens (tertiary/aromatic N) is 1. The maximum absolute atomic E-state index is 12.5. The van der Waals surface area contributed by atoms with Gasteiger partial charge >= 0.3 is 0 Å². The van der Waals surface area contributed by atoms with Crippen LogP contribution in [0.5, 0.6) is 11.5 Å². The van der Waals surface area contributed by atoms with Crippen LogP contribution >= 0.6 is 0 Å². The number of fused-ring (bicyclic) bond motifs is 1. The van der Waals surface area contributed by atoms with Crippen LogP contribution in [-0.2, 0) is 9.59 Å². The van der Waals surface area contributed by atoms with Gasteiger partial charge in [0, 0.05) is 11.6 Å². The van der Waals surface area contributed by atoms with E-state index in [1.165, 1.54) is 0 Å². The second-order valence-corrected chi connectivity index (χ2v) is 8.20. The molecular weight excluding hydrogens is 368 g/mol. The number of aldehydes is 1. The fourth-order valence-electron chi connectivity index (χ4n) is 4.08. The van der Waals surface area contributed by atoms with E-state index in [1.807, 2.05) is 31.2 Å². The third kappa shape index (κ3) is 3.88. The molecule has 2 amide bonds. The normalized spacial score (nSPS) is 24.6. The molecule has 1 aliphatic carbocycles. The van der Waals surface area contributed by atoms with E-state index in [4.69, 9.17) is 4.74 Å². The van der Waals surface area contributed by atoms with Crippen molar-refractivity contribution in [1.82, 2.24) is 10.2 Å². The number of nitrogens with one attached hydrogen (secondary N) is 1. The highest BCUT2D eigenvalue weighted by molar-refractivity contribution is 5.97. The Kier molecular flexibility index (Phi) is 4.86. The number of amides is 2. The first kappa shape index (κ1) is 19.2. The van der Waals surface area contributed by atoms with Gasteiger partial charge in [0.25, 0.3) is 5.91 Å². The molecule has 1 aliphatic heterocycles. The molecule has 2 fully saturated rings. The van der Waals surface area contributed by atoms with Crippen molar-refractivity contribution in [3.05, 3.63) is 59.7 Å². The number of piperidine rings is 1. The minimum absolute atomic E-state index is 0.0680. The van der Waals surface area contributed by atoms with Crippen molar-refractivity contribution in [3.63, 3.8) is 0 Å². The highest BCUT2D eigenvalue weighted by Crippen LogP contribution is 2.58. The number of carbonyl (C=O) groups excluding carboxylic acids is 3. The molecule has 1 heterocycles. The molecular formula is C23H24N2O4. The predicted molar refractivity (Wildman–Crippen MR) is 108 cm³/mol. The molecule has 4 rings (SSSR count). The predicted octanol–water partition coefficient (Wildman–Crippen LogP) is 3.10. The Morgan fingerprint density at radius 1 is 1.10 bits per heavy atom. The van der Waals surface area contributed by atoms with Crippen molar-refractivity contribution in [2.75, 3.05) is 6.54 Å². The smallest absolute Gasteiger partial charge is 0.251 e. The van der Waals surface area contributed by atoms with E-state index in [9.17, 15) is 14.4 Å². The number of ether oxygens (including phenoxy) is 1. The van der Waals surface area contributed by atoms with Crippen molar-refractivity contribution in [2.45, 2.75) is 38.8 Å². The van der Waals surface area contributed by atoms with Crippen LogP contribution in [0.1, 0.15) is 35.7 Å². The number of hydrogen-bond donors (Lipinski definition) is 1. The molecule has 0 aromatic heterocycles. The van der Waals surface area contributed by atoms with E-state index in [0.717, 1.165) is 24.0 Å². The molecule has 150 valence electrons. The molecule has 29 heavy (non-hydrogen) atoms. The molecule has 1 saturated heterocycles. The molecule has 0 bridgehead atoms. The number of aryl methyl sites for hydroxylation is 1. The molecule has 2 aromatic rings. The first-order valence-electron chi connectivity index (χ1n) is 9.79. The maximum atomic E-state index is 12.5. The first-order valence-corrected chi connectivity index (χ1v) is 9.79. The fraction of sp³-hybridized carbons (Fsp3) is 0.348. The summed E-state index contributed by atoms with van der Waals surface area (Å²) in [7, 11) is 0.